The molecule has 0 radical (unpaired) electrons. The van der Waals surface area contributed by atoms with E-state index in [1.165, 1.54) is 6.07 Å². The lowest BCUT2D eigenvalue weighted by Gasteiger charge is -2.12. The number of rotatable bonds is 3. The van der Waals surface area contributed by atoms with Crippen LogP contribution in [0.3, 0.4) is 0 Å². The minimum atomic E-state index is -0.546. The maximum Gasteiger partial charge on any atom is 0.271 e. The largest absolute Gasteiger partial charge is 0.379 e. The van der Waals surface area contributed by atoms with Gasteiger partial charge in [0.1, 0.15) is 5.82 Å². The van der Waals surface area contributed by atoms with Crippen LogP contribution in [-0.2, 0) is 4.74 Å². The normalized spacial score (nSPS) is 19.7. The SMILES string of the molecule is O=[N+]([O-])c1ccc(F)c(NC2CCOC2)c1. The van der Waals surface area contributed by atoms with Gasteiger partial charge in [-0.15, -0.1) is 0 Å². The second kappa shape index (κ2) is 4.44. The minimum Gasteiger partial charge on any atom is -0.379 e. The Morgan fingerprint density at radius 3 is 3.00 bits per heavy atom. The van der Waals surface area contributed by atoms with Crippen molar-refractivity contribution in [2.45, 2.75) is 12.5 Å². The van der Waals surface area contributed by atoms with Crippen molar-refractivity contribution in [1.82, 2.24) is 0 Å². The molecule has 1 saturated heterocycles. The first-order valence-corrected chi connectivity index (χ1v) is 4.95. The van der Waals surface area contributed by atoms with Gasteiger partial charge in [-0.1, -0.05) is 0 Å². The molecule has 86 valence electrons. The second-order valence-electron chi connectivity index (χ2n) is 3.63. The van der Waals surface area contributed by atoms with E-state index in [0.717, 1.165) is 18.6 Å². The number of nitrogens with zero attached hydrogens (tertiary/aromatic N) is 1. The van der Waals surface area contributed by atoms with Crippen LogP contribution < -0.4 is 5.32 Å². The fourth-order valence-electron chi connectivity index (χ4n) is 1.61. The van der Waals surface area contributed by atoms with Crippen LogP contribution in [0.1, 0.15) is 6.42 Å². The summed E-state index contributed by atoms with van der Waals surface area (Å²) in [5.41, 5.74) is 0.0347. The van der Waals surface area contributed by atoms with Gasteiger partial charge in [0.15, 0.2) is 0 Å². The molecule has 1 heterocycles. The van der Waals surface area contributed by atoms with E-state index in [4.69, 9.17) is 4.74 Å². The summed E-state index contributed by atoms with van der Waals surface area (Å²) in [6.07, 6.45) is 0.780. The number of nitro groups is 1. The Bertz CT molecular complexity index is 405. The maximum atomic E-state index is 13.4. The van der Waals surface area contributed by atoms with Crippen molar-refractivity contribution in [3.05, 3.63) is 34.1 Å². The predicted molar refractivity (Wildman–Crippen MR) is 55.9 cm³/mol. The molecule has 1 aliphatic rings. The summed E-state index contributed by atoms with van der Waals surface area (Å²) < 4.78 is 18.5. The first-order chi connectivity index (χ1) is 7.66. The van der Waals surface area contributed by atoms with Crippen molar-refractivity contribution < 1.29 is 14.1 Å². The molecule has 0 aliphatic carbocycles. The highest BCUT2D eigenvalue weighted by atomic mass is 19.1. The van der Waals surface area contributed by atoms with E-state index in [1.54, 1.807) is 0 Å². The van der Waals surface area contributed by atoms with Gasteiger partial charge in [-0.2, -0.15) is 0 Å². The van der Waals surface area contributed by atoms with Crippen molar-refractivity contribution in [2.75, 3.05) is 18.5 Å². The number of halogens is 1. The topological polar surface area (TPSA) is 64.4 Å². The highest BCUT2D eigenvalue weighted by Crippen LogP contribution is 2.23. The zero-order valence-corrected chi connectivity index (χ0v) is 8.48. The van der Waals surface area contributed by atoms with Crippen LogP contribution in [0.4, 0.5) is 15.8 Å². The van der Waals surface area contributed by atoms with Gasteiger partial charge in [0.25, 0.3) is 5.69 Å². The molecule has 16 heavy (non-hydrogen) atoms. The summed E-state index contributed by atoms with van der Waals surface area (Å²) in [5, 5.41) is 13.4. The first-order valence-electron chi connectivity index (χ1n) is 4.95. The van der Waals surface area contributed by atoms with Gasteiger partial charge >= 0.3 is 0 Å². The van der Waals surface area contributed by atoms with Crippen LogP contribution >= 0.6 is 0 Å². The van der Waals surface area contributed by atoms with Crippen molar-refractivity contribution in [3.63, 3.8) is 0 Å². The highest BCUT2D eigenvalue weighted by molar-refractivity contribution is 5.52. The molecule has 1 unspecified atom stereocenters. The van der Waals surface area contributed by atoms with Gasteiger partial charge in [0.2, 0.25) is 0 Å². The molecule has 1 aromatic rings. The van der Waals surface area contributed by atoms with Crippen LogP contribution in [-0.4, -0.2) is 24.2 Å². The van der Waals surface area contributed by atoms with Crippen molar-refractivity contribution in [3.8, 4) is 0 Å². The number of anilines is 1. The zero-order chi connectivity index (χ0) is 11.5. The second-order valence-corrected chi connectivity index (χ2v) is 3.63. The van der Waals surface area contributed by atoms with Gasteiger partial charge in [-0.3, -0.25) is 10.1 Å². The maximum absolute atomic E-state index is 13.4. The van der Waals surface area contributed by atoms with E-state index in [9.17, 15) is 14.5 Å². The molecule has 6 heteroatoms. The van der Waals surface area contributed by atoms with Crippen molar-refractivity contribution in [2.24, 2.45) is 0 Å². The van der Waals surface area contributed by atoms with Crippen LogP contribution in [0.25, 0.3) is 0 Å². The molecule has 1 N–H and O–H groups in total. The summed E-state index contributed by atoms with van der Waals surface area (Å²) in [4.78, 5) is 9.99. The molecule has 0 spiro atoms. The molecule has 0 amide bonds. The lowest BCUT2D eigenvalue weighted by Crippen LogP contribution is -2.19. The van der Waals surface area contributed by atoms with Gasteiger partial charge in [0, 0.05) is 18.7 Å². The number of benzene rings is 1. The molecule has 1 aliphatic heterocycles. The first kappa shape index (κ1) is 10.8. The molecule has 0 bridgehead atoms. The Balaban J connectivity index is 2.17. The van der Waals surface area contributed by atoms with Crippen LogP contribution in [0.5, 0.6) is 0 Å². The number of nitrogens with one attached hydrogen (secondary N) is 1. The molecule has 1 atom stereocenters. The Morgan fingerprint density at radius 1 is 1.56 bits per heavy atom. The van der Waals surface area contributed by atoms with Gasteiger partial charge in [-0.05, 0) is 12.5 Å². The summed E-state index contributed by atoms with van der Waals surface area (Å²) in [6, 6.07) is 3.46. The Labute approximate surface area is 91.4 Å². The lowest BCUT2D eigenvalue weighted by atomic mass is 10.2. The number of ether oxygens (including phenoxy) is 1. The summed E-state index contributed by atoms with van der Waals surface area (Å²) >= 11 is 0. The molecule has 5 nitrogen and oxygen atoms in total. The summed E-state index contributed by atoms with van der Waals surface area (Å²) in [5.74, 6) is -0.488. The standard InChI is InChI=1S/C10H11FN2O3/c11-9-2-1-8(13(14)15)5-10(9)12-7-3-4-16-6-7/h1-2,5,7,12H,3-4,6H2. The van der Waals surface area contributed by atoms with E-state index >= 15 is 0 Å². The average molecular weight is 226 g/mol. The van der Waals surface area contributed by atoms with Gasteiger partial charge < -0.3 is 10.1 Å². The van der Waals surface area contributed by atoms with Crippen molar-refractivity contribution in [1.29, 1.82) is 0 Å². The van der Waals surface area contributed by atoms with E-state index in [1.807, 2.05) is 0 Å². The Hall–Kier alpha value is -1.69. The summed E-state index contributed by atoms with van der Waals surface area (Å²) in [7, 11) is 0. The molecule has 1 aromatic carbocycles. The molecule has 0 aromatic heterocycles. The average Bonchev–Trinajstić information content (AvgIpc) is 2.73. The van der Waals surface area contributed by atoms with E-state index in [2.05, 4.69) is 5.32 Å². The highest BCUT2D eigenvalue weighted by Gasteiger charge is 2.18. The van der Waals surface area contributed by atoms with Crippen LogP contribution in [0, 0.1) is 15.9 Å². The third kappa shape index (κ3) is 2.27. The van der Waals surface area contributed by atoms with Crippen LogP contribution in [0.15, 0.2) is 18.2 Å². The van der Waals surface area contributed by atoms with E-state index < -0.39 is 10.7 Å². The number of non-ortho nitro benzene ring substituents is 1. The molecule has 1 fully saturated rings. The predicted octanol–water partition coefficient (Wildman–Crippen LogP) is 1.93. The Morgan fingerprint density at radius 2 is 2.38 bits per heavy atom. The molecule has 2 rings (SSSR count). The third-order valence-electron chi connectivity index (χ3n) is 2.45. The summed E-state index contributed by atoms with van der Waals surface area (Å²) in [6.45, 7) is 1.14. The molecule has 0 saturated carbocycles. The lowest BCUT2D eigenvalue weighted by molar-refractivity contribution is -0.384. The smallest absolute Gasteiger partial charge is 0.271 e. The monoisotopic (exact) mass is 226 g/mol. The minimum absolute atomic E-state index is 0.0245. The van der Waals surface area contributed by atoms with E-state index in [-0.39, 0.29) is 17.4 Å². The van der Waals surface area contributed by atoms with Gasteiger partial charge in [0.05, 0.1) is 23.3 Å². The van der Waals surface area contributed by atoms with E-state index in [0.29, 0.717) is 13.2 Å². The Kier molecular flexibility index (Phi) is 3.00. The fraction of sp³-hybridized carbons (Fsp3) is 0.400. The number of hydrogen-bond donors (Lipinski definition) is 1. The van der Waals surface area contributed by atoms with Crippen LogP contribution in [0.2, 0.25) is 0 Å². The number of nitro benzene ring substituents is 1. The molecular formula is C10H11FN2O3. The molecular weight excluding hydrogens is 215 g/mol. The third-order valence-corrected chi connectivity index (χ3v) is 2.45. The zero-order valence-electron chi connectivity index (χ0n) is 8.48. The fourth-order valence-corrected chi connectivity index (χ4v) is 1.61. The van der Waals surface area contributed by atoms with Gasteiger partial charge in [-0.25, -0.2) is 4.39 Å². The number of hydrogen-bond acceptors (Lipinski definition) is 4. The quantitative estimate of drug-likeness (QED) is 0.631. The van der Waals surface area contributed by atoms with Crippen molar-refractivity contribution >= 4 is 11.4 Å².